The zero-order valence-corrected chi connectivity index (χ0v) is 9.60. The van der Waals surface area contributed by atoms with Gasteiger partial charge in [-0.2, -0.15) is 4.98 Å². The monoisotopic (exact) mass is 248 g/mol. The Hall–Kier alpha value is -1.83. The van der Waals surface area contributed by atoms with Gasteiger partial charge in [-0.15, -0.1) is 0 Å². The first-order valence-electron chi connectivity index (χ1n) is 5.42. The molecule has 94 valence electrons. The minimum absolute atomic E-state index is 0.0536. The summed E-state index contributed by atoms with van der Waals surface area (Å²) in [7, 11) is -1.94. The highest BCUT2D eigenvalue weighted by Gasteiger charge is 2.17. The first kappa shape index (κ1) is 12.6. The second kappa shape index (κ2) is 5.68. The molecule has 2 aromatic rings. The highest BCUT2D eigenvalue weighted by molar-refractivity contribution is 6.33. The number of hydrogen-bond acceptors (Lipinski definition) is 5. The minimum Gasteiger partial charge on any atom is -0.484 e. The van der Waals surface area contributed by atoms with Crippen LogP contribution in [-0.4, -0.2) is 32.0 Å². The second-order valence-electron chi connectivity index (χ2n) is 3.73. The smallest absolute Gasteiger partial charge is 0.484 e. The average molecular weight is 248 g/mol. The summed E-state index contributed by atoms with van der Waals surface area (Å²) in [6.45, 7) is 0.232. The molecule has 7 heteroatoms. The second-order valence-corrected chi connectivity index (χ2v) is 3.73. The molecule has 2 rings (SSSR count). The summed E-state index contributed by atoms with van der Waals surface area (Å²) in [6, 6.07) is 9.63. The van der Waals surface area contributed by atoms with Crippen molar-refractivity contribution in [2.75, 3.05) is 0 Å². The molecule has 1 heterocycles. The molecule has 0 fully saturated rings. The Morgan fingerprint density at radius 1 is 1.22 bits per heavy atom. The highest BCUT2D eigenvalue weighted by Crippen LogP contribution is 2.14. The molecule has 0 aliphatic carbocycles. The lowest BCUT2D eigenvalue weighted by molar-refractivity contribution is 0.267. The van der Waals surface area contributed by atoms with Crippen molar-refractivity contribution in [1.82, 2.24) is 9.55 Å². The Morgan fingerprint density at radius 3 is 2.56 bits per heavy atom. The van der Waals surface area contributed by atoms with Gasteiger partial charge in [0.15, 0.2) is 0 Å². The number of aliphatic hydroxyl groups excluding tert-OH is 1. The van der Waals surface area contributed by atoms with Crippen LogP contribution in [-0.2, 0) is 13.2 Å². The van der Waals surface area contributed by atoms with Gasteiger partial charge in [0.2, 0.25) is 0 Å². The highest BCUT2D eigenvalue weighted by atomic mass is 16.6. The fourth-order valence-electron chi connectivity index (χ4n) is 1.61. The van der Waals surface area contributed by atoms with Crippen LogP contribution < -0.4 is 4.65 Å². The molecule has 0 saturated heterocycles. The third kappa shape index (κ3) is 3.10. The van der Waals surface area contributed by atoms with Crippen molar-refractivity contribution >= 4 is 7.32 Å². The Labute approximate surface area is 104 Å². The first-order valence-corrected chi connectivity index (χ1v) is 5.42. The lowest BCUT2D eigenvalue weighted by atomic mass is 10.2. The van der Waals surface area contributed by atoms with E-state index in [1.54, 1.807) is 10.8 Å². The van der Waals surface area contributed by atoms with E-state index < -0.39 is 7.32 Å². The Kier molecular flexibility index (Phi) is 3.98. The fourth-order valence-corrected chi connectivity index (χ4v) is 1.61. The SMILES string of the molecule is OCc1cn(Cc2ccccc2)c(OB(O)O)n1. The van der Waals surface area contributed by atoms with Crippen LogP contribution in [0.3, 0.4) is 0 Å². The molecular weight excluding hydrogens is 235 g/mol. The predicted octanol–water partition coefficient (Wildman–Crippen LogP) is -0.228. The maximum atomic E-state index is 9.02. The molecule has 0 saturated carbocycles. The molecule has 3 N–H and O–H groups in total. The molecular formula is C11H13BN2O4. The summed E-state index contributed by atoms with van der Waals surface area (Å²) < 4.78 is 6.35. The van der Waals surface area contributed by atoms with Gasteiger partial charge in [0.25, 0.3) is 6.01 Å². The molecule has 0 spiro atoms. The maximum Gasteiger partial charge on any atom is 0.709 e. The number of aromatic nitrogens is 2. The van der Waals surface area contributed by atoms with Gasteiger partial charge in [-0.3, -0.25) is 4.57 Å². The van der Waals surface area contributed by atoms with Crippen molar-refractivity contribution < 1.29 is 19.8 Å². The number of rotatable bonds is 5. The van der Waals surface area contributed by atoms with Crippen LogP contribution in [0.4, 0.5) is 0 Å². The number of imidazole rings is 1. The van der Waals surface area contributed by atoms with Crippen molar-refractivity contribution in [3.63, 3.8) is 0 Å². The van der Waals surface area contributed by atoms with E-state index in [4.69, 9.17) is 19.8 Å². The normalized spacial score (nSPS) is 10.4. The lowest BCUT2D eigenvalue weighted by Crippen LogP contribution is -2.23. The molecule has 0 bridgehead atoms. The standard InChI is InChI=1S/C11H13BN2O4/c15-8-10-7-14(11(13-10)18-12(16)17)6-9-4-2-1-3-5-9/h1-5,7,15-17H,6,8H2. The Bertz CT molecular complexity index is 501. The van der Waals surface area contributed by atoms with Gasteiger partial charge >= 0.3 is 7.32 Å². The van der Waals surface area contributed by atoms with Gasteiger partial charge in [0, 0.05) is 6.20 Å². The van der Waals surface area contributed by atoms with Crippen LogP contribution in [0.25, 0.3) is 0 Å². The molecule has 0 amide bonds. The molecule has 0 radical (unpaired) electrons. The van der Waals surface area contributed by atoms with E-state index in [1.807, 2.05) is 30.3 Å². The quantitative estimate of drug-likeness (QED) is 0.636. The van der Waals surface area contributed by atoms with Crippen molar-refractivity contribution in [2.24, 2.45) is 0 Å². The zero-order chi connectivity index (χ0) is 13.0. The third-order valence-electron chi connectivity index (χ3n) is 2.36. The minimum atomic E-state index is -1.94. The lowest BCUT2D eigenvalue weighted by Gasteiger charge is -2.08. The summed E-state index contributed by atoms with van der Waals surface area (Å²) in [5.41, 5.74) is 1.42. The molecule has 1 aromatic heterocycles. The van der Waals surface area contributed by atoms with Gasteiger partial charge in [0.05, 0.1) is 18.8 Å². The number of aliphatic hydroxyl groups is 1. The van der Waals surface area contributed by atoms with Crippen LogP contribution in [0.2, 0.25) is 0 Å². The van der Waals surface area contributed by atoms with E-state index in [0.717, 1.165) is 5.56 Å². The van der Waals surface area contributed by atoms with E-state index in [0.29, 0.717) is 12.2 Å². The van der Waals surface area contributed by atoms with Gasteiger partial charge in [-0.05, 0) is 5.56 Å². The molecule has 0 aliphatic rings. The van der Waals surface area contributed by atoms with Crippen LogP contribution in [0.1, 0.15) is 11.3 Å². The molecule has 1 aromatic carbocycles. The van der Waals surface area contributed by atoms with E-state index >= 15 is 0 Å². The summed E-state index contributed by atoms with van der Waals surface area (Å²) >= 11 is 0. The largest absolute Gasteiger partial charge is 0.709 e. The molecule has 0 aliphatic heterocycles. The van der Waals surface area contributed by atoms with Crippen molar-refractivity contribution in [3.8, 4) is 6.01 Å². The summed E-state index contributed by atoms with van der Waals surface area (Å²) in [5, 5.41) is 26.6. The molecule has 0 atom stereocenters. The summed E-state index contributed by atoms with van der Waals surface area (Å²) in [4.78, 5) is 3.94. The van der Waals surface area contributed by atoms with E-state index in [1.165, 1.54) is 0 Å². The van der Waals surface area contributed by atoms with E-state index in [9.17, 15) is 0 Å². The Balaban J connectivity index is 2.22. The van der Waals surface area contributed by atoms with Gasteiger partial charge in [-0.1, -0.05) is 30.3 Å². The van der Waals surface area contributed by atoms with Crippen molar-refractivity contribution in [1.29, 1.82) is 0 Å². The topological polar surface area (TPSA) is 87.7 Å². The predicted molar refractivity (Wildman–Crippen MR) is 64.5 cm³/mol. The summed E-state index contributed by atoms with van der Waals surface area (Å²) in [6.07, 6.45) is 1.60. The number of nitrogens with zero attached hydrogens (tertiary/aromatic N) is 2. The molecule has 18 heavy (non-hydrogen) atoms. The molecule has 6 nitrogen and oxygen atoms in total. The maximum absolute atomic E-state index is 9.02. The van der Waals surface area contributed by atoms with Crippen LogP contribution in [0.5, 0.6) is 6.01 Å². The first-order chi connectivity index (χ1) is 8.69. The summed E-state index contributed by atoms with van der Waals surface area (Å²) in [5.74, 6) is 0. The van der Waals surface area contributed by atoms with E-state index in [2.05, 4.69) is 4.98 Å². The molecule has 0 unspecified atom stereocenters. The third-order valence-corrected chi connectivity index (χ3v) is 2.36. The van der Waals surface area contributed by atoms with Gasteiger partial charge in [0.1, 0.15) is 0 Å². The number of hydrogen-bond donors (Lipinski definition) is 3. The van der Waals surface area contributed by atoms with E-state index in [-0.39, 0.29) is 12.6 Å². The van der Waals surface area contributed by atoms with Crippen LogP contribution in [0, 0.1) is 0 Å². The van der Waals surface area contributed by atoms with Gasteiger partial charge < -0.3 is 19.8 Å². The number of benzene rings is 1. The zero-order valence-electron chi connectivity index (χ0n) is 9.60. The van der Waals surface area contributed by atoms with Crippen LogP contribution >= 0.6 is 0 Å². The van der Waals surface area contributed by atoms with Crippen LogP contribution in [0.15, 0.2) is 36.5 Å². The van der Waals surface area contributed by atoms with Gasteiger partial charge in [-0.25, -0.2) is 0 Å². The average Bonchev–Trinajstić information content (AvgIpc) is 2.72. The van der Waals surface area contributed by atoms with Crippen molar-refractivity contribution in [3.05, 3.63) is 47.8 Å². The fraction of sp³-hybridized carbons (Fsp3) is 0.182. The van der Waals surface area contributed by atoms with Crippen molar-refractivity contribution in [2.45, 2.75) is 13.2 Å². The Morgan fingerprint density at radius 2 is 1.94 bits per heavy atom.